The third-order valence-electron chi connectivity index (χ3n) is 5.65. The van der Waals surface area contributed by atoms with Gasteiger partial charge in [-0.1, -0.05) is 0 Å². The minimum Gasteiger partial charge on any atom is -0.497 e. The van der Waals surface area contributed by atoms with Crippen molar-refractivity contribution in [3.8, 4) is 11.8 Å². The van der Waals surface area contributed by atoms with E-state index in [0.29, 0.717) is 43.2 Å². The molecular weight excluding hydrogens is 472 g/mol. The number of rotatable bonds is 7. The Balaban J connectivity index is 1.68. The van der Waals surface area contributed by atoms with Gasteiger partial charge in [-0.2, -0.15) is 5.26 Å². The van der Waals surface area contributed by atoms with E-state index in [1.54, 1.807) is 20.8 Å². The highest BCUT2D eigenvalue weighted by Gasteiger charge is 2.30. The minimum absolute atomic E-state index is 0.0292. The molecule has 3 rings (SSSR count). The Kier molecular flexibility index (Phi) is 7.96. The predicted octanol–water partition coefficient (Wildman–Crippen LogP) is 2.56. The van der Waals surface area contributed by atoms with Gasteiger partial charge in [0.15, 0.2) is 0 Å². The molecule has 0 saturated carbocycles. The van der Waals surface area contributed by atoms with Gasteiger partial charge in [-0.3, -0.25) is 4.79 Å². The number of methoxy groups -OCH3 is 1. The van der Waals surface area contributed by atoms with Gasteiger partial charge in [-0.15, -0.1) is 0 Å². The van der Waals surface area contributed by atoms with Crippen LogP contribution in [0, 0.1) is 24.2 Å². The van der Waals surface area contributed by atoms with Crippen LogP contribution < -0.4 is 14.4 Å². The lowest BCUT2D eigenvalue weighted by Crippen LogP contribution is -2.42. The van der Waals surface area contributed by atoms with Gasteiger partial charge in [-0.05, 0) is 63.9 Å². The third-order valence-corrected chi connectivity index (χ3v) is 7.01. The zero-order chi connectivity index (χ0) is 25.8. The van der Waals surface area contributed by atoms with Gasteiger partial charge < -0.3 is 14.4 Å². The molecule has 1 fully saturated rings. The number of hydrogen-bond acceptors (Lipinski definition) is 9. The second-order valence-corrected chi connectivity index (χ2v) is 10.1. The SMILES string of the molecule is COc1ccc(S(=O)(=O)NC(=O)C2CCN(c3nc(C)c(C(=O)OC(C)C)cc3C#N)CC2)cc1. The van der Waals surface area contributed by atoms with Crippen LogP contribution in [-0.2, 0) is 19.6 Å². The number of piperidine rings is 1. The number of carbonyl (C=O) groups is 2. The van der Waals surface area contributed by atoms with E-state index >= 15 is 0 Å². The number of anilines is 1. The average Bonchev–Trinajstić information content (AvgIpc) is 2.83. The fraction of sp³-hybridized carbons (Fsp3) is 0.417. The summed E-state index contributed by atoms with van der Waals surface area (Å²) in [6.45, 7) is 5.95. The summed E-state index contributed by atoms with van der Waals surface area (Å²) in [5.41, 5.74) is 0.906. The molecule has 2 heterocycles. The summed E-state index contributed by atoms with van der Waals surface area (Å²) in [4.78, 5) is 31.3. The highest BCUT2D eigenvalue weighted by Crippen LogP contribution is 2.27. The number of amides is 1. The van der Waals surface area contributed by atoms with E-state index in [1.165, 1.54) is 37.4 Å². The van der Waals surface area contributed by atoms with Gasteiger partial charge in [0.25, 0.3) is 10.0 Å². The van der Waals surface area contributed by atoms with Gasteiger partial charge in [0, 0.05) is 19.0 Å². The van der Waals surface area contributed by atoms with Gasteiger partial charge in [0.2, 0.25) is 5.91 Å². The first kappa shape index (κ1) is 26.0. The molecule has 1 amide bonds. The maximum absolute atomic E-state index is 12.7. The number of esters is 1. The monoisotopic (exact) mass is 500 g/mol. The Hall–Kier alpha value is -3.65. The van der Waals surface area contributed by atoms with Crippen molar-refractivity contribution < 1.29 is 27.5 Å². The van der Waals surface area contributed by atoms with Crippen molar-refractivity contribution in [2.45, 2.75) is 44.6 Å². The summed E-state index contributed by atoms with van der Waals surface area (Å²) in [5, 5.41) is 9.63. The fourth-order valence-electron chi connectivity index (χ4n) is 3.78. The second kappa shape index (κ2) is 10.7. The van der Waals surface area contributed by atoms with Gasteiger partial charge >= 0.3 is 5.97 Å². The quantitative estimate of drug-likeness (QED) is 0.568. The van der Waals surface area contributed by atoms with Crippen LogP contribution in [0.15, 0.2) is 35.2 Å². The number of nitrogens with zero attached hydrogens (tertiary/aromatic N) is 3. The number of hydrogen-bond donors (Lipinski definition) is 1. The first-order chi connectivity index (χ1) is 16.6. The lowest BCUT2D eigenvalue weighted by molar-refractivity contribution is -0.123. The van der Waals surface area contributed by atoms with E-state index in [9.17, 15) is 23.3 Å². The van der Waals surface area contributed by atoms with Gasteiger partial charge in [-0.25, -0.2) is 22.9 Å². The molecule has 186 valence electrons. The van der Waals surface area contributed by atoms with E-state index in [0.717, 1.165) is 0 Å². The van der Waals surface area contributed by atoms with Crippen molar-refractivity contribution in [1.82, 2.24) is 9.71 Å². The molecule has 0 unspecified atom stereocenters. The van der Waals surface area contributed by atoms with E-state index < -0.39 is 27.8 Å². The normalized spacial score (nSPS) is 14.3. The molecule has 11 heteroatoms. The maximum Gasteiger partial charge on any atom is 0.340 e. The first-order valence-corrected chi connectivity index (χ1v) is 12.6. The summed E-state index contributed by atoms with van der Waals surface area (Å²) in [6, 6.07) is 9.31. The highest BCUT2D eigenvalue weighted by molar-refractivity contribution is 7.90. The lowest BCUT2D eigenvalue weighted by Gasteiger charge is -2.32. The van der Waals surface area contributed by atoms with Crippen LogP contribution in [0.5, 0.6) is 5.75 Å². The molecule has 35 heavy (non-hydrogen) atoms. The lowest BCUT2D eigenvalue weighted by atomic mass is 9.96. The molecule has 1 saturated heterocycles. The van der Waals surface area contributed by atoms with Crippen LogP contribution >= 0.6 is 0 Å². The summed E-state index contributed by atoms with van der Waals surface area (Å²) in [6.07, 6.45) is 0.463. The number of nitriles is 1. The zero-order valence-corrected chi connectivity index (χ0v) is 20.9. The van der Waals surface area contributed by atoms with Crippen molar-refractivity contribution in [2.75, 3.05) is 25.1 Å². The molecule has 1 aliphatic rings. The standard InChI is InChI=1S/C24H28N4O6S/c1-15(2)34-24(30)21-13-18(14-25)22(26-16(21)3)28-11-9-17(10-12-28)23(29)27-35(31,32)20-7-5-19(33-4)6-8-20/h5-8,13,15,17H,9-12H2,1-4H3,(H,27,29). The van der Waals surface area contributed by atoms with Crippen molar-refractivity contribution in [3.05, 3.63) is 47.2 Å². The number of aromatic nitrogens is 1. The second-order valence-electron chi connectivity index (χ2n) is 8.46. The number of carbonyl (C=O) groups excluding carboxylic acids is 2. The van der Waals surface area contributed by atoms with Crippen molar-refractivity contribution in [3.63, 3.8) is 0 Å². The Bertz CT molecular complexity index is 1240. The number of benzene rings is 1. The number of sulfonamides is 1. The number of aryl methyl sites for hydroxylation is 1. The van der Waals surface area contributed by atoms with Crippen molar-refractivity contribution in [2.24, 2.45) is 5.92 Å². The molecule has 0 spiro atoms. The molecule has 0 radical (unpaired) electrons. The summed E-state index contributed by atoms with van der Waals surface area (Å²) in [7, 11) is -2.53. The van der Waals surface area contributed by atoms with E-state index in [2.05, 4.69) is 15.8 Å². The zero-order valence-electron chi connectivity index (χ0n) is 20.1. The summed E-state index contributed by atoms with van der Waals surface area (Å²) < 4.78 is 37.6. The molecule has 0 bridgehead atoms. The number of pyridine rings is 1. The largest absolute Gasteiger partial charge is 0.497 e. The minimum atomic E-state index is -4.01. The van der Waals surface area contributed by atoms with Crippen LogP contribution in [-0.4, -0.2) is 51.6 Å². The highest BCUT2D eigenvalue weighted by atomic mass is 32.2. The number of ether oxygens (including phenoxy) is 2. The molecule has 1 N–H and O–H groups in total. The molecule has 1 aliphatic heterocycles. The Morgan fingerprint density at radius 1 is 1.20 bits per heavy atom. The van der Waals surface area contributed by atoms with Crippen LogP contribution in [0.25, 0.3) is 0 Å². The molecule has 2 aromatic rings. The Morgan fingerprint density at radius 3 is 2.37 bits per heavy atom. The molecule has 0 aliphatic carbocycles. The fourth-order valence-corrected chi connectivity index (χ4v) is 4.83. The summed E-state index contributed by atoms with van der Waals surface area (Å²) in [5.74, 6) is -0.687. The summed E-state index contributed by atoms with van der Waals surface area (Å²) >= 11 is 0. The van der Waals surface area contributed by atoms with E-state index in [1.807, 2.05) is 4.90 Å². The Morgan fingerprint density at radius 2 is 1.83 bits per heavy atom. The maximum atomic E-state index is 12.7. The van der Waals surface area contributed by atoms with Crippen LogP contribution in [0.1, 0.15) is 48.3 Å². The topological polar surface area (TPSA) is 139 Å². The van der Waals surface area contributed by atoms with Crippen LogP contribution in [0.3, 0.4) is 0 Å². The molecule has 1 aromatic carbocycles. The molecule has 1 aromatic heterocycles. The third kappa shape index (κ3) is 6.08. The van der Waals surface area contributed by atoms with Gasteiger partial charge in [0.1, 0.15) is 17.6 Å². The van der Waals surface area contributed by atoms with Gasteiger partial charge in [0.05, 0.1) is 34.9 Å². The van der Waals surface area contributed by atoms with Crippen molar-refractivity contribution >= 4 is 27.7 Å². The molecular formula is C24H28N4O6S. The van der Waals surface area contributed by atoms with E-state index in [-0.39, 0.29) is 22.1 Å². The average molecular weight is 501 g/mol. The molecule has 0 atom stereocenters. The van der Waals surface area contributed by atoms with Crippen molar-refractivity contribution in [1.29, 1.82) is 5.26 Å². The molecule has 10 nitrogen and oxygen atoms in total. The Labute approximate surface area is 204 Å². The smallest absolute Gasteiger partial charge is 0.340 e. The van der Waals surface area contributed by atoms with Crippen LogP contribution in [0.2, 0.25) is 0 Å². The van der Waals surface area contributed by atoms with Crippen LogP contribution in [0.4, 0.5) is 5.82 Å². The first-order valence-electron chi connectivity index (χ1n) is 11.1. The number of nitrogens with one attached hydrogen (secondary N) is 1. The van der Waals surface area contributed by atoms with E-state index in [4.69, 9.17) is 9.47 Å². The predicted molar refractivity (Wildman–Crippen MR) is 128 cm³/mol.